The lowest BCUT2D eigenvalue weighted by molar-refractivity contribution is -0.114. The summed E-state index contributed by atoms with van der Waals surface area (Å²) in [5.41, 5.74) is 1.25. The SMILES string of the molecule is O=C(CNc1ccc(Br)c(F)c1)Nc1cccc(Br)c1. The highest BCUT2D eigenvalue weighted by Crippen LogP contribution is 2.19. The van der Waals surface area contributed by atoms with E-state index in [2.05, 4.69) is 42.5 Å². The topological polar surface area (TPSA) is 41.1 Å². The summed E-state index contributed by atoms with van der Waals surface area (Å²) < 4.78 is 14.6. The molecule has 104 valence electrons. The first-order chi connectivity index (χ1) is 9.54. The van der Waals surface area contributed by atoms with Crippen LogP contribution in [0.2, 0.25) is 0 Å². The number of amides is 1. The second kappa shape index (κ2) is 6.85. The molecule has 0 saturated heterocycles. The highest BCUT2D eigenvalue weighted by Gasteiger charge is 2.04. The largest absolute Gasteiger partial charge is 0.376 e. The Morgan fingerprint density at radius 2 is 1.90 bits per heavy atom. The number of halogens is 3. The summed E-state index contributed by atoms with van der Waals surface area (Å²) in [6, 6.07) is 11.9. The van der Waals surface area contributed by atoms with Crippen LogP contribution in [0.3, 0.4) is 0 Å². The lowest BCUT2D eigenvalue weighted by Crippen LogP contribution is -2.21. The zero-order valence-electron chi connectivity index (χ0n) is 10.3. The third-order valence-electron chi connectivity index (χ3n) is 2.48. The first kappa shape index (κ1) is 15.0. The second-order valence-electron chi connectivity index (χ2n) is 4.04. The summed E-state index contributed by atoms with van der Waals surface area (Å²) in [5.74, 6) is -0.575. The van der Waals surface area contributed by atoms with Crippen molar-refractivity contribution in [3.63, 3.8) is 0 Å². The molecular weight excluding hydrogens is 391 g/mol. The summed E-state index contributed by atoms with van der Waals surface area (Å²) in [5, 5.41) is 5.61. The van der Waals surface area contributed by atoms with Crippen molar-refractivity contribution in [2.75, 3.05) is 17.2 Å². The van der Waals surface area contributed by atoms with Crippen LogP contribution in [0.25, 0.3) is 0 Å². The molecule has 0 bridgehead atoms. The van der Waals surface area contributed by atoms with E-state index >= 15 is 0 Å². The Morgan fingerprint density at radius 3 is 2.60 bits per heavy atom. The third-order valence-corrected chi connectivity index (χ3v) is 3.62. The molecule has 0 aliphatic carbocycles. The fourth-order valence-corrected chi connectivity index (χ4v) is 2.21. The monoisotopic (exact) mass is 400 g/mol. The maximum atomic E-state index is 13.3. The smallest absolute Gasteiger partial charge is 0.243 e. The fraction of sp³-hybridized carbons (Fsp3) is 0.0714. The standard InChI is InChI=1S/C14H11Br2FN2O/c15-9-2-1-3-11(6-9)19-14(20)8-18-10-4-5-12(16)13(17)7-10/h1-7,18H,8H2,(H,19,20). The minimum atomic E-state index is -0.373. The van der Waals surface area contributed by atoms with Crippen molar-refractivity contribution >= 4 is 49.1 Å². The molecule has 0 atom stereocenters. The van der Waals surface area contributed by atoms with Crippen LogP contribution in [0.1, 0.15) is 0 Å². The highest BCUT2D eigenvalue weighted by atomic mass is 79.9. The van der Waals surface area contributed by atoms with Gasteiger partial charge in [0, 0.05) is 15.8 Å². The number of nitrogens with one attached hydrogen (secondary N) is 2. The van der Waals surface area contributed by atoms with Crippen LogP contribution in [-0.4, -0.2) is 12.5 Å². The molecule has 2 aromatic rings. The Morgan fingerprint density at radius 1 is 1.10 bits per heavy atom. The summed E-state index contributed by atoms with van der Waals surface area (Å²) in [4.78, 5) is 11.8. The first-order valence-electron chi connectivity index (χ1n) is 5.79. The third kappa shape index (κ3) is 4.31. The maximum Gasteiger partial charge on any atom is 0.243 e. The van der Waals surface area contributed by atoms with Crippen molar-refractivity contribution in [1.82, 2.24) is 0 Å². The van der Waals surface area contributed by atoms with Crippen molar-refractivity contribution in [3.8, 4) is 0 Å². The summed E-state index contributed by atoms with van der Waals surface area (Å²) >= 11 is 6.40. The molecule has 0 saturated carbocycles. The van der Waals surface area contributed by atoms with Gasteiger partial charge in [-0.15, -0.1) is 0 Å². The van der Waals surface area contributed by atoms with E-state index in [4.69, 9.17) is 0 Å². The van der Waals surface area contributed by atoms with Gasteiger partial charge < -0.3 is 10.6 Å². The zero-order valence-corrected chi connectivity index (χ0v) is 13.5. The van der Waals surface area contributed by atoms with E-state index in [0.29, 0.717) is 15.8 Å². The predicted octanol–water partition coefficient (Wildman–Crippen LogP) is 4.40. The molecule has 3 nitrogen and oxygen atoms in total. The van der Waals surface area contributed by atoms with E-state index in [0.717, 1.165) is 4.47 Å². The Kier molecular flexibility index (Phi) is 5.14. The van der Waals surface area contributed by atoms with Gasteiger partial charge in [-0.2, -0.15) is 0 Å². The molecule has 0 spiro atoms. The van der Waals surface area contributed by atoms with E-state index in [1.165, 1.54) is 6.07 Å². The molecule has 6 heteroatoms. The normalized spacial score (nSPS) is 10.2. The minimum absolute atomic E-state index is 0.0631. The number of carbonyl (C=O) groups excluding carboxylic acids is 1. The molecule has 2 N–H and O–H groups in total. The van der Waals surface area contributed by atoms with Crippen LogP contribution in [0.4, 0.5) is 15.8 Å². The molecule has 2 aromatic carbocycles. The molecule has 1 amide bonds. The lowest BCUT2D eigenvalue weighted by Gasteiger charge is -2.08. The molecule has 0 unspecified atom stereocenters. The van der Waals surface area contributed by atoms with Crippen LogP contribution < -0.4 is 10.6 Å². The highest BCUT2D eigenvalue weighted by molar-refractivity contribution is 9.10. The van der Waals surface area contributed by atoms with Gasteiger partial charge in [-0.05, 0) is 52.3 Å². The predicted molar refractivity (Wildman–Crippen MR) is 85.4 cm³/mol. The van der Waals surface area contributed by atoms with Crippen LogP contribution in [0, 0.1) is 5.82 Å². The molecule has 0 aliphatic rings. The van der Waals surface area contributed by atoms with Gasteiger partial charge in [0.1, 0.15) is 5.82 Å². The number of hydrogen-bond acceptors (Lipinski definition) is 2. The van der Waals surface area contributed by atoms with E-state index in [1.807, 2.05) is 12.1 Å². The van der Waals surface area contributed by atoms with Crippen LogP contribution in [-0.2, 0) is 4.79 Å². The zero-order chi connectivity index (χ0) is 14.5. The van der Waals surface area contributed by atoms with Crippen molar-refractivity contribution in [2.24, 2.45) is 0 Å². The lowest BCUT2D eigenvalue weighted by atomic mass is 10.3. The van der Waals surface area contributed by atoms with Gasteiger partial charge in [-0.1, -0.05) is 22.0 Å². The number of rotatable bonds is 4. The van der Waals surface area contributed by atoms with Gasteiger partial charge in [-0.3, -0.25) is 4.79 Å². The number of hydrogen-bond donors (Lipinski definition) is 2. The number of benzene rings is 2. The minimum Gasteiger partial charge on any atom is -0.376 e. The average Bonchev–Trinajstić information content (AvgIpc) is 2.40. The van der Waals surface area contributed by atoms with Crippen molar-refractivity contribution < 1.29 is 9.18 Å². The van der Waals surface area contributed by atoms with E-state index < -0.39 is 0 Å². The maximum absolute atomic E-state index is 13.3. The Bertz CT molecular complexity index is 634. The van der Waals surface area contributed by atoms with Crippen LogP contribution >= 0.6 is 31.9 Å². The van der Waals surface area contributed by atoms with E-state index in [-0.39, 0.29) is 18.3 Å². The van der Waals surface area contributed by atoms with Gasteiger partial charge in [0.25, 0.3) is 0 Å². The first-order valence-corrected chi connectivity index (χ1v) is 7.37. The van der Waals surface area contributed by atoms with Gasteiger partial charge >= 0.3 is 0 Å². The van der Waals surface area contributed by atoms with Crippen LogP contribution in [0.15, 0.2) is 51.4 Å². The summed E-state index contributed by atoms with van der Waals surface area (Å²) in [7, 11) is 0. The molecule has 2 rings (SSSR count). The van der Waals surface area contributed by atoms with E-state index in [9.17, 15) is 9.18 Å². The Labute approximate surface area is 132 Å². The molecule has 20 heavy (non-hydrogen) atoms. The van der Waals surface area contributed by atoms with Gasteiger partial charge in [0.15, 0.2) is 0 Å². The van der Waals surface area contributed by atoms with E-state index in [1.54, 1.807) is 24.3 Å². The fourth-order valence-electron chi connectivity index (χ4n) is 1.56. The van der Waals surface area contributed by atoms with Crippen LogP contribution in [0.5, 0.6) is 0 Å². The van der Waals surface area contributed by atoms with Crippen molar-refractivity contribution in [1.29, 1.82) is 0 Å². The molecule has 0 heterocycles. The average molecular weight is 402 g/mol. The summed E-state index contributed by atoms with van der Waals surface area (Å²) in [6.07, 6.45) is 0. The molecule has 0 aromatic heterocycles. The summed E-state index contributed by atoms with van der Waals surface area (Å²) in [6.45, 7) is 0.0631. The molecule has 0 aliphatic heterocycles. The molecule has 0 fully saturated rings. The number of anilines is 2. The second-order valence-corrected chi connectivity index (χ2v) is 5.81. The van der Waals surface area contributed by atoms with Gasteiger partial charge in [-0.25, -0.2) is 4.39 Å². The number of carbonyl (C=O) groups is 1. The van der Waals surface area contributed by atoms with Gasteiger partial charge in [0.05, 0.1) is 11.0 Å². The molecular formula is C14H11Br2FN2O. The van der Waals surface area contributed by atoms with Gasteiger partial charge in [0.2, 0.25) is 5.91 Å². The van der Waals surface area contributed by atoms with Crippen molar-refractivity contribution in [3.05, 3.63) is 57.2 Å². The Balaban J connectivity index is 1.90. The molecule has 0 radical (unpaired) electrons. The quantitative estimate of drug-likeness (QED) is 0.797. The Hall–Kier alpha value is -1.40. The van der Waals surface area contributed by atoms with Crippen molar-refractivity contribution in [2.45, 2.75) is 0 Å².